The first-order chi connectivity index (χ1) is 14.1. The van der Waals surface area contributed by atoms with Crippen LogP contribution in [0.25, 0.3) is 0 Å². The van der Waals surface area contributed by atoms with Crippen molar-refractivity contribution in [3.8, 4) is 0 Å². The molecule has 1 aromatic heterocycles. The van der Waals surface area contributed by atoms with Crippen molar-refractivity contribution in [3.05, 3.63) is 93.4 Å². The van der Waals surface area contributed by atoms with Gasteiger partial charge in [0.15, 0.2) is 6.61 Å². The van der Waals surface area contributed by atoms with Crippen LogP contribution < -0.4 is 5.32 Å². The van der Waals surface area contributed by atoms with Gasteiger partial charge in [0.25, 0.3) is 5.91 Å². The van der Waals surface area contributed by atoms with Crippen LogP contribution in [0.2, 0.25) is 0 Å². The van der Waals surface area contributed by atoms with Crippen molar-refractivity contribution in [1.82, 2.24) is 5.32 Å². The number of nitrogens with one attached hydrogen (secondary N) is 1. The Kier molecular flexibility index (Phi) is 7.10. The number of carbonyl (C=O) groups is 2. The Balaban J connectivity index is 1.64. The number of carbonyl (C=O) groups excluding carboxylic acids is 2. The lowest BCUT2D eigenvalue weighted by Crippen LogP contribution is -2.32. The molecular formula is C22H20FNO4S. The van der Waals surface area contributed by atoms with E-state index in [2.05, 4.69) is 5.32 Å². The van der Waals surface area contributed by atoms with Gasteiger partial charge in [-0.15, -0.1) is 11.3 Å². The number of halogens is 1. The van der Waals surface area contributed by atoms with Crippen molar-refractivity contribution in [2.75, 3.05) is 13.7 Å². The van der Waals surface area contributed by atoms with Crippen molar-refractivity contribution >= 4 is 23.2 Å². The average molecular weight is 413 g/mol. The summed E-state index contributed by atoms with van der Waals surface area (Å²) in [6.45, 7) is -0.0435. The second-order valence-electron chi connectivity index (χ2n) is 6.28. The second kappa shape index (κ2) is 9.95. The number of ether oxygens (including phenoxy) is 2. The zero-order chi connectivity index (χ0) is 20.6. The molecule has 3 aromatic rings. The summed E-state index contributed by atoms with van der Waals surface area (Å²) in [5, 5.41) is 4.74. The van der Waals surface area contributed by atoms with Gasteiger partial charge >= 0.3 is 5.97 Å². The molecule has 1 N–H and O–H groups in total. The Bertz CT molecular complexity index is 957. The van der Waals surface area contributed by atoms with Gasteiger partial charge in [-0.05, 0) is 46.8 Å². The molecule has 0 aliphatic carbocycles. The monoisotopic (exact) mass is 413 g/mol. The minimum Gasteiger partial charge on any atom is -0.452 e. The van der Waals surface area contributed by atoms with E-state index >= 15 is 0 Å². The van der Waals surface area contributed by atoms with Gasteiger partial charge in [0, 0.05) is 12.0 Å². The van der Waals surface area contributed by atoms with Crippen LogP contribution in [-0.4, -0.2) is 25.6 Å². The minimum absolute atomic E-state index is 0.348. The Morgan fingerprint density at radius 3 is 2.59 bits per heavy atom. The van der Waals surface area contributed by atoms with Crippen LogP contribution in [0.3, 0.4) is 0 Å². The molecule has 7 heteroatoms. The maximum Gasteiger partial charge on any atom is 0.338 e. The molecule has 150 valence electrons. The first kappa shape index (κ1) is 20.7. The SMILES string of the molecule is COCc1cccc(C(=O)OCC(=O)N[C@H](c2ccc(F)cc2)c2cccs2)c1. The lowest BCUT2D eigenvalue weighted by atomic mass is 10.1. The molecule has 0 fully saturated rings. The van der Waals surface area contributed by atoms with E-state index in [1.165, 1.54) is 23.5 Å². The van der Waals surface area contributed by atoms with E-state index in [1.807, 2.05) is 23.6 Å². The van der Waals surface area contributed by atoms with E-state index < -0.39 is 24.5 Å². The highest BCUT2D eigenvalue weighted by Crippen LogP contribution is 2.26. The summed E-state index contributed by atoms with van der Waals surface area (Å²) in [6.07, 6.45) is 0. The van der Waals surface area contributed by atoms with Gasteiger partial charge in [-0.3, -0.25) is 4.79 Å². The predicted octanol–water partition coefficient (Wildman–Crippen LogP) is 4.10. The lowest BCUT2D eigenvalue weighted by molar-refractivity contribution is -0.124. The molecule has 0 radical (unpaired) electrons. The summed E-state index contributed by atoms with van der Waals surface area (Å²) >= 11 is 1.47. The van der Waals surface area contributed by atoms with Gasteiger partial charge in [0.1, 0.15) is 5.82 Å². The summed E-state index contributed by atoms with van der Waals surface area (Å²) in [5.41, 5.74) is 1.92. The van der Waals surface area contributed by atoms with Crippen LogP contribution >= 0.6 is 11.3 Å². The molecule has 5 nitrogen and oxygen atoms in total. The maximum atomic E-state index is 13.3. The molecular weight excluding hydrogens is 393 g/mol. The summed E-state index contributed by atoms with van der Waals surface area (Å²) in [6, 6.07) is 16.1. The highest BCUT2D eigenvalue weighted by atomic mass is 32.1. The van der Waals surface area contributed by atoms with Crippen LogP contribution in [0.4, 0.5) is 4.39 Å². The number of thiophene rings is 1. The van der Waals surface area contributed by atoms with Crippen LogP contribution in [0, 0.1) is 5.82 Å². The van der Waals surface area contributed by atoms with E-state index in [4.69, 9.17) is 9.47 Å². The fourth-order valence-corrected chi connectivity index (χ4v) is 3.60. The van der Waals surface area contributed by atoms with Crippen molar-refractivity contribution in [3.63, 3.8) is 0 Å². The Morgan fingerprint density at radius 2 is 1.90 bits per heavy atom. The van der Waals surface area contributed by atoms with Crippen molar-refractivity contribution in [1.29, 1.82) is 0 Å². The fraction of sp³-hybridized carbons (Fsp3) is 0.182. The summed E-state index contributed by atoms with van der Waals surface area (Å²) in [5.74, 6) is -1.39. The van der Waals surface area contributed by atoms with E-state index in [-0.39, 0.29) is 5.82 Å². The summed E-state index contributed by atoms with van der Waals surface area (Å²) < 4.78 is 23.5. The number of benzene rings is 2. The zero-order valence-electron chi connectivity index (χ0n) is 15.8. The van der Waals surface area contributed by atoms with Crippen molar-refractivity contribution in [2.45, 2.75) is 12.6 Å². The second-order valence-corrected chi connectivity index (χ2v) is 7.26. The molecule has 0 aliphatic heterocycles. The smallest absolute Gasteiger partial charge is 0.338 e. The van der Waals surface area contributed by atoms with E-state index in [1.54, 1.807) is 37.4 Å². The van der Waals surface area contributed by atoms with Gasteiger partial charge in [0.05, 0.1) is 18.2 Å². The van der Waals surface area contributed by atoms with Crippen molar-refractivity contribution in [2.24, 2.45) is 0 Å². The molecule has 0 saturated carbocycles. The topological polar surface area (TPSA) is 64.6 Å². The van der Waals surface area contributed by atoms with Crippen LogP contribution in [0.1, 0.15) is 32.4 Å². The van der Waals surface area contributed by atoms with Crippen molar-refractivity contribution < 1.29 is 23.5 Å². The molecule has 0 spiro atoms. The molecule has 2 aromatic carbocycles. The first-order valence-corrected chi connectivity index (χ1v) is 9.78. The molecule has 3 rings (SSSR count). The Hall–Kier alpha value is -3.03. The third kappa shape index (κ3) is 5.73. The number of esters is 1. The van der Waals surface area contributed by atoms with E-state index in [9.17, 15) is 14.0 Å². The average Bonchev–Trinajstić information content (AvgIpc) is 3.26. The van der Waals surface area contributed by atoms with Gasteiger partial charge in [-0.1, -0.05) is 30.3 Å². The Morgan fingerprint density at radius 1 is 1.10 bits per heavy atom. The highest BCUT2D eigenvalue weighted by Gasteiger charge is 2.19. The third-order valence-corrected chi connectivity index (χ3v) is 5.08. The quantitative estimate of drug-likeness (QED) is 0.565. The molecule has 1 heterocycles. The lowest BCUT2D eigenvalue weighted by Gasteiger charge is -2.18. The normalized spacial score (nSPS) is 11.7. The fourth-order valence-electron chi connectivity index (χ4n) is 2.80. The number of rotatable bonds is 8. The molecule has 29 heavy (non-hydrogen) atoms. The highest BCUT2D eigenvalue weighted by molar-refractivity contribution is 7.10. The molecule has 1 amide bonds. The maximum absolute atomic E-state index is 13.3. The van der Waals surface area contributed by atoms with Crippen LogP contribution in [0.15, 0.2) is 66.0 Å². The number of methoxy groups -OCH3 is 1. The van der Waals surface area contributed by atoms with Crippen LogP contribution in [-0.2, 0) is 20.9 Å². The first-order valence-electron chi connectivity index (χ1n) is 8.90. The summed E-state index contributed by atoms with van der Waals surface area (Å²) in [4.78, 5) is 25.6. The summed E-state index contributed by atoms with van der Waals surface area (Å²) in [7, 11) is 1.57. The largest absolute Gasteiger partial charge is 0.452 e. The standard InChI is InChI=1S/C22H20FNO4S/c1-27-13-15-4-2-5-17(12-15)22(26)28-14-20(25)24-21(19-6-3-11-29-19)16-7-9-18(23)10-8-16/h2-12,21H,13-14H2,1H3,(H,24,25)/t21-/m1/s1. The zero-order valence-corrected chi connectivity index (χ0v) is 16.6. The van der Waals surface area contributed by atoms with Gasteiger partial charge in [-0.25, -0.2) is 9.18 Å². The number of hydrogen-bond acceptors (Lipinski definition) is 5. The predicted molar refractivity (Wildman–Crippen MR) is 108 cm³/mol. The molecule has 0 unspecified atom stereocenters. The molecule has 0 bridgehead atoms. The molecule has 0 aliphatic rings. The van der Waals surface area contributed by atoms with E-state index in [0.717, 1.165) is 16.0 Å². The van der Waals surface area contributed by atoms with Crippen LogP contribution in [0.5, 0.6) is 0 Å². The molecule has 0 saturated heterocycles. The van der Waals surface area contributed by atoms with Gasteiger partial charge in [-0.2, -0.15) is 0 Å². The minimum atomic E-state index is -0.590. The van der Waals surface area contributed by atoms with Gasteiger partial charge < -0.3 is 14.8 Å². The number of amides is 1. The van der Waals surface area contributed by atoms with Gasteiger partial charge in [0.2, 0.25) is 0 Å². The number of hydrogen-bond donors (Lipinski definition) is 1. The molecule has 1 atom stereocenters. The van der Waals surface area contributed by atoms with E-state index in [0.29, 0.717) is 12.2 Å². The third-order valence-electron chi connectivity index (χ3n) is 4.14. The Labute approximate surface area is 172 Å².